The lowest BCUT2D eigenvalue weighted by molar-refractivity contribution is -0.156. The van der Waals surface area contributed by atoms with E-state index in [0.29, 0.717) is 18.7 Å². The highest BCUT2D eigenvalue weighted by Crippen LogP contribution is 2.56. The Hall–Kier alpha value is -1.10. The van der Waals surface area contributed by atoms with Crippen molar-refractivity contribution < 1.29 is 9.53 Å². The van der Waals surface area contributed by atoms with Gasteiger partial charge in [-0.05, 0) is 50.3 Å². The highest BCUT2D eigenvalue weighted by atomic mass is 35.5. The highest BCUT2D eigenvalue weighted by molar-refractivity contribution is 5.94. The summed E-state index contributed by atoms with van der Waals surface area (Å²) in [6, 6.07) is 8.10. The lowest BCUT2D eigenvalue weighted by Crippen LogP contribution is -2.65. The van der Waals surface area contributed by atoms with E-state index < -0.39 is 0 Å². The maximum Gasteiger partial charge on any atom is 0.254 e. The molecule has 2 fully saturated rings. The first-order valence-corrected chi connectivity index (χ1v) is 9.87. The summed E-state index contributed by atoms with van der Waals surface area (Å²) in [6.45, 7) is 6.32. The van der Waals surface area contributed by atoms with Gasteiger partial charge in [0.1, 0.15) is 0 Å². The lowest BCUT2D eigenvalue weighted by atomic mass is 9.59. The molecule has 1 aromatic rings. The van der Waals surface area contributed by atoms with Crippen molar-refractivity contribution in [3.8, 4) is 0 Å². The molecule has 5 heteroatoms. The minimum atomic E-state index is 0. The van der Waals surface area contributed by atoms with Gasteiger partial charge in [0, 0.05) is 36.7 Å². The summed E-state index contributed by atoms with van der Waals surface area (Å²) in [5.74, 6) is 0.164. The van der Waals surface area contributed by atoms with E-state index in [4.69, 9.17) is 10.5 Å². The van der Waals surface area contributed by atoms with E-state index in [1.807, 2.05) is 24.3 Å². The van der Waals surface area contributed by atoms with Crippen molar-refractivity contribution in [2.45, 2.75) is 71.1 Å². The molecular weight excluding hydrogens is 348 g/mol. The minimum absolute atomic E-state index is 0. The summed E-state index contributed by atoms with van der Waals surface area (Å²) in [4.78, 5) is 15.4. The molecule has 0 aliphatic heterocycles. The van der Waals surface area contributed by atoms with Gasteiger partial charge in [-0.25, -0.2) is 0 Å². The molecule has 1 amide bonds. The van der Waals surface area contributed by atoms with Crippen LogP contribution in [0.15, 0.2) is 24.3 Å². The van der Waals surface area contributed by atoms with Crippen molar-refractivity contribution in [2.24, 2.45) is 11.1 Å². The minimum Gasteiger partial charge on any atom is -0.378 e. The van der Waals surface area contributed by atoms with Crippen LogP contribution in [0.25, 0.3) is 0 Å². The topological polar surface area (TPSA) is 55.6 Å². The Kier molecular flexibility index (Phi) is 7.51. The number of hydrogen-bond acceptors (Lipinski definition) is 3. The summed E-state index contributed by atoms with van der Waals surface area (Å²) in [5.41, 5.74) is 7.71. The highest BCUT2D eigenvalue weighted by Gasteiger charge is 2.59. The van der Waals surface area contributed by atoms with Crippen molar-refractivity contribution in [3.63, 3.8) is 0 Å². The van der Waals surface area contributed by atoms with E-state index in [2.05, 4.69) is 18.7 Å². The normalized spacial score (nSPS) is 23.3. The van der Waals surface area contributed by atoms with Crippen LogP contribution < -0.4 is 5.73 Å². The molecule has 2 atom stereocenters. The van der Waals surface area contributed by atoms with Gasteiger partial charge in [-0.1, -0.05) is 31.9 Å². The van der Waals surface area contributed by atoms with Crippen LogP contribution in [0.5, 0.6) is 0 Å². The Bertz CT molecular complexity index is 584. The fraction of sp³-hybridized carbons (Fsp3) is 0.667. The zero-order chi connectivity index (χ0) is 17.9. The van der Waals surface area contributed by atoms with Gasteiger partial charge < -0.3 is 15.4 Å². The Morgan fingerprint density at radius 3 is 2.42 bits per heavy atom. The molecule has 4 nitrogen and oxygen atoms in total. The predicted molar refractivity (Wildman–Crippen MR) is 108 cm³/mol. The van der Waals surface area contributed by atoms with E-state index in [0.717, 1.165) is 37.1 Å². The van der Waals surface area contributed by atoms with Crippen molar-refractivity contribution in [3.05, 3.63) is 35.4 Å². The number of halogens is 1. The molecule has 146 valence electrons. The first-order chi connectivity index (χ1) is 12.2. The Balaban J connectivity index is 0.00000243. The molecule has 2 N–H and O–H groups in total. The van der Waals surface area contributed by atoms with Gasteiger partial charge in [-0.3, -0.25) is 4.79 Å². The summed E-state index contributed by atoms with van der Waals surface area (Å²) in [5, 5.41) is 0. The number of carbonyl (C=O) groups is 1. The summed E-state index contributed by atoms with van der Waals surface area (Å²) < 4.78 is 6.04. The summed E-state index contributed by atoms with van der Waals surface area (Å²) in [6.07, 6.45) is 7.22. The molecule has 0 saturated heterocycles. The van der Waals surface area contributed by atoms with E-state index in [1.165, 1.54) is 25.7 Å². The molecule has 2 unspecified atom stereocenters. The molecule has 2 aliphatic rings. The molecular formula is C21H33ClN2O2. The fourth-order valence-electron chi connectivity index (χ4n) is 4.88. The van der Waals surface area contributed by atoms with Crippen LogP contribution in [-0.4, -0.2) is 36.1 Å². The first-order valence-electron chi connectivity index (χ1n) is 9.87. The molecule has 26 heavy (non-hydrogen) atoms. The Morgan fingerprint density at radius 1 is 1.23 bits per heavy atom. The van der Waals surface area contributed by atoms with Crippen molar-refractivity contribution >= 4 is 18.3 Å². The lowest BCUT2D eigenvalue weighted by Gasteiger charge is -2.57. The van der Waals surface area contributed by atoms with Gasteiger partial charge in [0.2, 0.25) is 0 Å². The number of amides is 1. The van der Waals surface area contributed by atoms with Crippen LogP contribution in [0.1, 0.15) is 68.3 Å². The van der Waals surface area contributed by atoms with Crippen LogP contribution in [0.4, 0.5) is 0 Å². The van der Waals surface area contributed by atoms with Crippen LogP contribution in [-0.2, 0) is 11.3 Å². The number of nitrogens with zero attached hydrogens (tertiary/aromatic N) is 1. The van der Waals surface area contributed by atoms with Gasteiger partial charge in [0.05, 0.1) is 6.10 Å². The predicted octanol–water partition coefficient (Wildman–Crippen LogP) is 4.16. The summed E-state index contributed by atoms with van der Waals surface area (Å²) >= 11 is 0. The Morgan fingerprint density at radius 2 is 1.88 bits per heavy atom. The zero-order valence-corrected chi connectivity index (χ0v) is 16.9. The zero-order valence-electron chi connectivity index (χ0n) is 16.1. The number of hydrogen-bond donors (Lipinski definition) is 1. The molecule has 1 aromatic carbocycles. The van der Waals surface area contributed by atoms with Crippen LogP contribution in [0, 0.1) is 5.41 Å². The average molecular weight is 381 g/mol. The smallest absolute Gasteiger partial charge is 0.254 e. The van der Waals surface area contributed by atoms with Crippen LogP contribution in [0.2, 0.25) is 0 Å². The average Bonchev–Trinajstić information content (AvgIpc) is 3.16. The van der Waals surface area contributed by atoms with Gasteiger partial charge >= 0.3 is 0 Å². The van der Waals surface area contributed by atoms with E-state index >= 15 is 0 Å². The van der Waals surface area contributed by atoms with Gasteiger partial charge in [0.25, 0.3) is 5.91 Å². The van der Waals surface area contributed by atoms with Gasteiger partial charge in [-0.2, -0.15) is 0 Å². The number of rotatable bonds is 7. The number of benzene rings is 1. The van der Waals surface area contributed by atoms with E-state index in [9.17, 15) is 4.79 Å². The standard InChI is InChI=1S/C21H32N2O2.ClH/c1-3-13-23(20(24)17-9-7-16(15-22)8-10-17)18-14-19(25-4-2)21(18)11-5-6-12-21;/h7-10,18-19H,3-6,11-15,22H2,1-2H3;1H. The molecule has 0 radical (unpaired) electrons. The number of carbonyl (C=O) groups excluding carboxylic acids is 1. The van der Waals surface area contributed by atoms with E-state index in [-0.39, 0.29) is 23.7 Å². The third kappa shape index (κ3) is 3.78. The van der Waals surface area contributed by atoms with Crippen molar-refractivity contribution in [1.82, 2.24) is 4.90 Å². The molecule has 3 rings (SSSR count). The van der Waals surface area contributed by atoms with E-state index in [1.54, 1.807) is 0 Å². The largest absolute Gasteiger partial charge is 0.378 e. The monoisotopic (exact) mass is 380 g/mol. The maximum absolute atomic E-state index is 13.2. The van der Waals surface area contributed by atoms with Crippen molar-refractivity contribution in [2.75, 3.05) is 13.2 Å². The second kappa shape index (κ2) is 9.20. The fourth-order valence-corrected chi connectivity index (χ4v) is 4.88. The second-order valence-electron chi connectivity index (χ2n) is 7.54. The van der Waals surface area contributed by atoms with Crippen LogP contribution in [0.3, 0.4) is 0 Å². The van der Waals surface area contributed by atoms with Crippen LogP contribution >= 0.6 is 12.4 Å². The first kappa shape index (κ1) is 21.2. The van der Waals surface area contributed by atoms with Gasteiger partial charge in [-0.15, -0.1) is 12.4 Å². The number of nitrogens with two attached hydrogens (primary N) is 1. The third-order valence-electron chi connectivity index (χ3n) is 6.18. The van der Waals surface area contributed by atoms with Crippen molar-refractivity contribution in [1.29, 1.82) is 0 Å². The quantitative estimate of drug-likeness (QED) is 0.772. The molecule has 2 saturated carbocycles. The summed E-state index contributed by atoms with van der Waals surface area (Å²) in [7, 11) is 0. The molecule has 0 aromatic heterocycles. The molecule has 2 aliphatic carbocycles. The maximum atomic E-state index is 13.2. The van der Waals surface area contributed by atoms with Gasteiger partial charge in [0.15, 0.2) is 0 Å². The third-order valence-corrected chi connectivity index (χ3v) is 6.18. The SMILES string of the molecule is CCCN(C(=O)c1ccc(CN)cc1)C1CC(OCC)C12CCCC2.Cl. The number of ether oxygens (including phenoxy) is 1. The second-order valence-corrected chi connectivity index (χ2v) is 7.54. The molecule has 0 heterocycles. The molecule has 1 spiro atoms. The molecule has 0 bridgehead atoms. The Labute approximate surface area is 163 Å².